The van der Waals surface area contributed by atoms with Gasteiger partial charge >= 0.3 is 0 Å². The van der Waals surface area contributed by atoms with Gasteiger partial charge in [-0.15, -0.1) is 11.3 Å². The molecule has 3 heterocycles. The summed E-state index contributed by atoms with van der Waals surface area (Å²) >= 11 is 1.87. The Bertz CT molecular complexity index is 1510. The molecule has 0 amide bonds. The maximum absolute atomic E-state index is 6.27. The van der Waals surface area contributed by atoms with Gasteiger partial charge in [0.15, 0.2) is 11.3 Å². The fourth-order valence-electron chi connectivity index (χ4n) is 4.56. The second-order valence-electron chi connectivity index (χ2n) is 8.35. The van der Waals surface area contributed by atoms with Gasteiger partial charge in [0.05, 0.1) is 10.9 Å². The van der Waals surface area contributed by atoms with Crippen LogP contribution in [0.5, 0.6) is 0 Å². The molecule has 3 aliphatic rings. The Hall–Kier alpha value is -3.18. The summed E-state index contributed by atoms with van der Waals surface area (Å²) in [7, 11) is 3.95. The molecule has 0 radical (unpaired) electrons. The van der Waals surface area contributed by atoms with Crippen LogP contribution in [0.3, 0.4) is 0 Å². The Kier molecular flexibility index (Phi) is 3.49. The van der Waals surface area contributed by atoms with Gasteiger partial charge < -0.3 is 9.32 Å². The van der Waals surface area contributed by atoms with Crippen molar-refractivity contribution in [2.24, 2.45) is 4.99 Å². The first-order valence-corrected chi connectivity index (χ1v) is 10.9. The highest BCUT2D eigenvalue weighted by Crippen LogP contribution is 2.54. The number of thiophene rings is 1. The summed E-state index contributed by atoms with van der Waals surface area (Å²) in [6.07, 6.45) is 0. The van der Waals surface area contributed by atoms with E-state index in [1.165, 1.54) is 31.8 Å². The topological polar surface area (TPSA) is 41.6 Å². The van der Waals surface area contributed by atoms with Gasteiger partial charge in [-0.1, -0.05) is 18.2 Å². The maximum atomic E-state index is 6.27. The molecule has 6 rings (SSSR count). The Morgan fingerprint density at radius 1 is 1.07 bits per heavy atom. The van der Waals surface area contributed by atoms with Crippen molar-refractivity contribution in [1.82, 2.24) is 4.98 Å². The molecule has 0 atom stereocenters. The lowest BCUT2D eigenvalue weighted by Gasteiger charge is -2.43. The van der Waals surface area contributed by atoms with E-state index in [-0.39, 0.29) is 5.54 Å². The number of anilines is 1. The van der Waals surface area contributed by atoms with Crippen LogP contribution in [0.4, 0.5) is 5.69 Å². The minimum Gasteiger partial charge on any atom is -0.453 e. The van der Waals surface area contributed by atoms with Crippen LogP contribution < -0.4 is 10.3 Å². The fraction of sp³-hybridized carbons (Fsp3) is 0.200. The first-order chi connectivity index (χ1) is 14.5. The molecule has 2 aliphatic heterocycles. The van der Waals surface area contributed by atoms with Crippen molar-refractivity contribution in [2.75, 3.05) is 19.0 Å². The van der Waals surface area contributed by atoms with Crippen molar-refractivity contribution in [2.45, 2.75) is 19.4 Å². The monoisotopic (exact) mass is 411 g/mol. The summed E-state index contributed by atoms with van der Waals surface area (Å²) in [5.74, 6) is 0.755. The smallest absolute Gasteiger partial charge is 0.155 e. The SMILES string of the molecule is CN=c1ccc2nc3cc4c(cc3oc-2c1)N(C)C(C)(C)c1c-4sc2ccccc12. The van der Waals surface area contributed by atoms with E-state index in [4.69, 9.17) is 9.40 Å². The van der Waals surface area contributed by atoms with Crippen LogP contribution in [-0.2, 0) is 5.54 Å². The van der Waals surface area contributed by atoms with Crippen molar-refractivity contribution < 1.29 is 4.42 Å². The first kappa shape index (κ1) is 17.7. The first-order valence-electron chi connectivity index (χ1n) is 10.0. The van der Waals surface area contributed by atoms with Gasteiger partial charge in [0, 0.05) is 52.6 Å². The summed E-state index contributed by atoms with van der Waals surface area (Å²) < 4.78 is 7.60. The average molecular weight is 412 g/mol. The molecule has 0 fully saturated rings. The van der Waals surface area contributed by atoms with Gasteiger partial charge in [0.1, 0.15) is 11.2 Å². The highest BCUT2D eigenvalue weighted by Gasteiger charge is 2.38. The van der Waals surface area contributed by atoms with E-state index in [0.29, 0.717) is 0 Å². The standard InChI is InChI=1S/C25H21N3OS/c1-25(2)23-15-7-5-6-8-22(15)30-24(23)16-12-18-21(13-19(16)28(25)4)29-20-11-14(26-3)9-10-17(20)27-18/h5-13H,1-4H3. The van der Waals surface area contributed by atoms with E-state index in [2.05, 4.69) is 67.2 Å². The fourth-order valence-corrected chi connectivity index (χ4v) is 5.94. The van der Waals surface area contributed by atoms with Crippen molar-refractivity contribution in [3.8, 4) is 21.9 Å². The molecule has 1 aromatic heterocycles. The van der Waals surface area contributed by atoms with Crippen LogP contribution in [0.2, 0.25) is 0 Å². The molecule has 0 N–H and O–H groups in total. The predicted octanol–water partition coefficient (Wildman–Crippen LogP) is 6.03. The number of fused-ring (bicyclic) bond motifs is 7. The lowest BCUT2D eigenvalue weighted by molar-refractivity contribution is 0.516. The Balaban J connectivity index is 1.71. The lowest BCUT2D eigenvalue weighted by atomic mass is 9.83. The highest BCUT2D eigenvalue weighted by atomic mass is 32.1. The second-order valence-corrected chi connectivity index (χ2v) is 9.40. The lowest BCUT2D eigenvalue weighted by Crippen LogP contribution is -2.41. The maximum Gasteiger partial charge on any atom is 0.155 e. The van der Waals surface area contributed by atoms with Crippen molar-refractivity contribution in [3.63, 3.8) is 0 Å². The van der Waals surface area contributed by atoms with Gasteiger partial charge in [-0.05, 0) is 43.5 Å². The van der Waals surface area contributed by atoms with Crippen LogP contribution in [0.1, 0.15) is 19.4 Å². The minimum absolute atomic E-state index is 0.131. The zero-order valence-electron chi connectivity index (χ0n) is 17.4. The summed E-state index contributed by atoms with van der Waals surface area (Å²) in [6.45, 7) is 4.59. The molecule has 2 aromatic carbocycles. The van der Waals surface area contributed by atoms with Crippen LogP contribution >= 0.6 is 11.3 Å². The average Bonchev–Trinajstić information content (AvgIpc) is 3.15. The zero-order chi connectivity index (χ0) is 20.6. The van der Waals surface area contributed by atoms with E-state index in [1.54, 1.807) is 7.05 Å². The molecular formula is C25H21N3OS. The van der Waals surface area contributed by atoms with Gasteiger partial charge in [0.2, 0.25) is 0 Å². The minimum atomic E-state index is -0.131. The molecule has 0 saturated heterocycles. The van der Waals surface area contributed by atoms with E-state index in [1.807, 2.05) is 29.5 Å². The van der Waals surface area contributed by atoms with E-state index in [0.717, 1.165) is 27.9 Å². The Morgan fingerprint density at radius 2 is 1.90 bits per heavy atom. The summed E-state index contributed by atoms with van der Waals surface area (Å²) in [5, 5.41) is 2.23. The highest BCUT2D eigenvalue weighted by molar-refractivity contribution is 7.22. The number of benzene rings is 3. The number of aromatic nitrogens is 1. The predicted molar refractivity (Wildman–Crippen MR) is 124 cm³/mol. The van der Waals surface area contributed by atoms with Crippen LogP contribution in [0.25, 0.3) is 43.1 Å². The van der Waals surface area contributed by atoms with Gasteiger partial charge in [0.25, 0.3) is 0 Å². The van der Waals surface area contributed by atoms with Gasteiger partial charge in [-0.25, -0.2) is 4.98 Å². The Labute approximate surface area is 178 Å². The largest absolute Gasteiger partial charge is 0.453 e. The van der Waals surface area contributed by atoms with E-state index in [9.17, 15) is 0 Å². The van der Waals surface area contributed by atoms with Gasteiger partial charge in [-0.2, -0.15) is 0 Å². The van der Waals surface area contributed by atoms with Crippen molar-refractivity contribution in [1.29, 1.82) is 0 Å². The third kappa shape index (κ3) is 2.27. The molecule has 0 saturated carbocycles. The molecule has 0 unspecified atom stereocenters. The summed E-state index contributed by atoms with van der Waals surface area (Å²) in [4.78, 5) is 12.8. The second kappa shape index (κ2) is 5.92. The summed E-state index contributed by atoms with van der Waals surface area (Å²) in [6, 6.07) is 18.9. The number of hydrogen-bond acceptors (Lipinski definition) is 5. The normalized spacial score (nSPS) is 15.7. The Morgan fingerprint density at radius 3 is 2.73 bits per heavy atom. The van der Waals surface area contributed by atoms with E-state index < -0.39 is 0 Å². The number of hydrogen-bond donors (Lipinski definition) is 0. The number of rotatable bonds is 0. The number of nitrogens with zero attached hydrogens (tertiary/aromatic N) is 3. The molecule has 4 nitrogen and oxygen atoms in total. The van der Waals surface area contributed by atoms with E-state index >= 15 is 0 Å². The molecule has 148 valence electrons. The van der Waals surface area contributed by atoms with Gasteiger partial charge in [-0.3, -0.25) is 4.99 Å². The molecule has 3 aromatic rings. The quantitative estimate of drug-likeness (QED) is 0.292. The summed E-state index contributed by atoms with van der Waals surface area (Å²) in [5.41, 5.74) is 6.17. The molecule has 0 spiro atoms. The third-order valence-electron chi connectivity index (χ3n) is 6.39. The molecule has 1 aliphatic carbocycles. The molecule has 30 heavy (non-hydrogen) atoms. The van der Waals surface area contributed by atoms with Crippen molar-refractivity contribution >= 4 is 38.2 Å². The zero-order valence-corrected chi connectivity index (χ0v) is 18.2. The van der Waals surface area contributed by atoms with Crippen LogP contribution in [-0.4, -0.2) is 19.1 Å². The van der Waals surface area contributed by atoms with Crippen LogP contribution in [0, 0.1) is 0 Å². The molecular weight excluding hydrogens is 390 g/mol. The third-order valence-corrected chi connectivity index (χ3v) is 7.60. The molecule has 0 bridgehead atoms. The molecule has 5 heteroatoms. The van der Waals surface area contributed by atoms with Crippen molar-refractivity contribution in [3.05, 3.63) is 65.5 Å². The van der Waals surface area contributed by atoms with Crippen LogP contribution in [0.15, 0.2) is 64.0 Å².